The molecule has 1 heterocycles. The van der Waals surface area contributed by atoms with E-state index in [1.165, 1.54) is 6.07 Å². The van der Waals surface area contributed by atoms with Gasteiger partial charge in [0.1, 0.15) is 5.75 Å². The van der Waals surface area contributed by atoms with Gasteiger partial charge in [-0.25, -0.2) is 4.79 Å². The van der Waals surface area contributed by atoms with E-state index in [0.29, 0.717) is 5.56 Å². The fourth-order valence-corrected chi connectivity index (χ4v) is 1.96. The number of halogens is 3. The Morgan fingerprint density at radius 2 is 2.15 bits per heavy atom. The number of ether oxygens (including phenoxy) is 1. The Morgan fingerprint density at radius 3 is 2.70 bits per heavy atom. The number of carbonyl (C=O) groups is 1. The molecule has 0 fully saturated rings. The van der Waals surface area contributed by atoms with Crippen LogP contribution in [0.3, 0.4) is 0 Å². The summed E-state index contributed by atoms with van der Waals surface area (Å²) >= 11 is 0. The smallest absolute Gasteiger partial charge is 0.430 e. The van der Waals surface area contributed by atoms with Crippen molar-refractivity contribution in [3.8, 4) is 5.75 Å². The molecule has 0 amide bonds. The van der Waals surface area contributed by atoms with Crippen LogP contribution in [0.5, 0.6) is 5.75 Å². The molecule has 2 rings (SSSR count). The van der Waals surface area contributed by atoms with Gasteiger partial charge in [-0.05, 0) is 30.2 Å². The standard InChI is InChI=1S/C13H13F3NO3/c1-2-7-3-4-10-8(5-7)6-9(12(18)20-17)11(19-10)13(14,15)16/h3-6,11H,2H2,1,17H3/q+1. The summed E-state index contributed by atoms with van der Waals surface area (Å²) in [6.45, 7) is 1.92. The van der Waals surface area contributed by atoms with Gasteiger partial charge in [0.15, 0.2) is 0 Å². The van der Waals surface area contributed by atoms with E-state index >= 15 is 0 Å². The number of fused-ring (bicyclic) bond motifs is 1. The lowest BCUT2D eigenvalue weighted by Gasteiger charge is -2.27. The Kier molecular flexibility index (Phi) is 3.71. The molecular formula is C13H13F3NO3+. The first kappa shape index (κ1) is 14.4. The molecule has 0 saturated carbocycles. The summed E-state index contributed by atoms with van der Waals surface area (Å²) < 4.78 is 43.7. The minimum absolute atomic E-state index is 0.0881. The number of rotatable bonds is 2. The van der Waals surface area contributed by atoms with Crippen LogP contribution in [-0.2, 0) is 16.1 Å². The molecule has 4 nitrogen and oxygen atoms in total. The minimum Gasteiger partial charge on any atom is -0.475 e. The molecule has 0 aliphatic carbocycles. The molecule has 0 spiro atoms. The van der Waals surface area contributed by atoms with E-state index in [2.05, 4.69) is 10.7 Å². The number of quaternary nitrogens is 1. The van der Waals surface area contributed by atoms with E-state index < -0.39 is 23.8 Å². The normalized spacial score (nSPS) is 17.9. The third-order valence-electron chi connectivity index (χ3n) is 2.98. The fourth-order valence-electron chi connectivity index (χ4n) is 1.96. The number of carbonyl (C=O) groups excluding carboxylic acids is 1. The lowest BCUT2D eigenvalue weighted by Crippen LogP contribution is -2.53. The van der Waals surface area contributed by atoms with Crippen molar-refractivity contribution in [1.29, 1.82) is 0 Å². The number of hydrogen-bond donors (Lipinski definition) is 1. The van der Waals surface area contributed by atoms with E-state index in [1.54, 1.807) is 12.1 Å². The zero-order valence-corrected chi connectivity index (χ0v) is 10.7. The van der Waals surface area contributed by atoms with E-state index in [1.807, 2.05) is 6.92 Å². The van der Waals surface area contributed by atoms with Gasteiger partial charge in [-0.2, -0.15) is 19.1 Å². The van der Waals surface area contributed by atoms with Crippen molar-refractivity contribution < 1.29 is 33.4 Å². The maximum absolute atomic E-state index is 12.9. The second-order valence-electron chi connectivity index (χ2n) is 4.30. The molecule has 20 heavy (non-hydrogen) atoms. The largest absolute Gasteiger partial charge is 0.475 e. The monoisotopic (exact) mass is 288 g/mol. The minimum atomic E-state index is -4.71. The molecule has 1 atom stereocenters. The highest BCUT2D eigenvalue weighted by atomic mass is 19.4. The maximum Gasteiger partial charge on any atom is 0.430 e. The zero-order chi connectivity index (χ0) is 14.9. The third-order valence-corrected chi connectivity index (χ3v) is 2.98. The highest BCUT2D eigenvalue weighted by Crippen LogP contribution is 2.37. The highest BCUT2D eigenvalue weighted by Gasteiger charge is 2.49. The summed E-state index contributed by atoms with van der Waals surface area (Å²) in [5.41, 5.74) is 0.745. The molecule has 1 aliphatic heterocycles. The summed E-state index contributed by atoms with van der Waals surface area (Å²) in [7, 11) is 0. The van der Waals surface area contributed by atoms with E-state index in [9.17, 15) is 18.0 Å². The Balaban J connectivity index is 2.51. The quantitative estimate of drug-likeness (QED) is 0.842. The van der Waals surface area contributed by atoms with Gasteiger partial charge in [0, 0.05) is 5.56 Å². The topological polar surface area (TPSA) is 63.2 Å². The fraction of sp³-hybridized carbons (Fsp3) is 0.308. The molecule has 0 aromatic heterocycles. The Morgan fingerprint density at radius 1 is 1.45 bits per heavy atom. The van der Waals surface area contributed by atoms with Gasteiger partial charge in [-0.1, -0.05) is 13.0 Å². The summed E-state index contributed by atoms with van der Waals surface area (Å²) in [4.78, 5) is 15.6. The van der Waals surface area contributed by atoms with Crippen molar-refractivity contribution in [1.82, 2.24) is 0 Å². The van der Waals surface area contributed by atoms with Crippen LogP contribution in [-0.4, -0.2) is 18.2 Å². The molecule has 1 unspecified atom stereocenters. The van der Waals surface area contributed by atoms with Gasteiger partial charge in [0.25, 0.3) is 0 Å². The first-order chi connectivity index (χ1) is 9.36. The number of alkyl halides is 3. The first-order valence-electron chi connectivity index (χ1n) is 5.91. The van der Waals surface area contributed by atoms with Crippen LogP contribution in [0.15, 0.2) is 23.8 Å². The SMILES string of the molecule is CCc1ccc2c(c1)C=C(C(=O)O[NH3+])C(C(F)(F)F)O2. The molecule has 0 bridgehead atoms. The molecule has 1 aromatic carbocycles. The molecule has 7 heteroatoms. The van der Waals surface area contributed by atoms with Crippen molar-refractivity contribution in [2.24, 2.45) is 0 Å². The van der Waals surface area contributed by atoms with Crippen LogP contribution < -0.4 is 10.6 Å². The van der Waals surface area contributed by atoms with Crippen molar-refractivity contribution >= 4 is 12.0 Å². The van der Waals surface area contributed by atoms with Gasteiger partial charge in [-0.3, -0.25) is 4.84 Å². The predicted molar refractivity (Wildman–Crippen MR) is 63.2 cm³/mol. The molecule has 1 aliphatic rings. The first-order valence-corrected chi connectivity index (χ1v) is 5.91. The predicted octanol–water partition coefficient (Wildman–Crippen LogP) is 1.66. The second kappa shape index (κ2) is 5.16. The summed E-state index contributed by atoms with van der Waals surface area (Å²) in [6, 6.07) is 4.83. The van der Waals surface area contributed by atoms with Crippen molar-refractivity contribution in [2.75, 3.05) is 0 Å². The van der Waals surface area contributed by atoms with Crippen LogP contribution in [0.2, 0.25) is 0 Å². The van der Waals surface area contributed by atoms with Gasteiger partial charge >= 0.3 is 12.1 Å². The van der Waals surface area contributed by atoms with Crippen molar-refractivity contribution in [2.45, 2.75) is 25.6 Å². The lowest BCUT2D eigenvalue weighted by atomic mass is 9.99. The summed E-state index contributed by atoms with van der Waals surface area (Å²) in [6.07, 6.45) is -5.18. The molecule has 0 saturated heterocycles. The lowest BCUT2D eigenvalue weighted by molar-refractivity contribution is -0.656. The molecule has 1 aromatic rings. The second-order valence-corrected chi connectivity index (χ2v) is 4.30. The Bertz CT molecular complexity index is 566. The van der Waals surface area contributed by atoms with Crippen molar-refractivity contribution in [3.05, 3.63) is 34.9 Å². The average molecular weight is 288 g/mol. The Labute approximate surface area is 112 Å². The maximum atomic E-state index is 12.9. The summed E-state index contributed by atoms with van der Waals surface area (Å²) in [5.74, 6) is 1.79. The van der Waals surface area contributed by atoms with Crippen LogP contribution in [0.1, 0.15) is 18.1 Å². The van der Waals surface area contributed by atoms with Crippen LogP contribution in [0.25, 0.3) is 6.08 Å². The van der Waals surface area contributed by atoms with Gasteiger partial charge in [0.05, 0.1) is 5.57 Å². The van der Waals surface area contributed by atoms with Gasteiger partial charge in [-0.15, -0.1) is 0 Å². The number of hydrogen-bond acceptors (Lipinski definition) is 3. The molecule has 108 valence electrons. The molecule has 3 N–H and O–H groups in total. The summed E-state index contributed by atoms with van der Waals surface area (Å²) in [5, 5.41) is 0. The van der Waals surface area contributed by atoms with Gasteiger partial charge < -0.3 is 4.74 Å². The van der Waals surface area contributed by atoms with E-state index in [-0.39, 0.29) is 5.75 Å². The van der Waals surface area contributed by atoms with Crippen LogP contribution in [0, 0.1) is 0 Å². The number of benzene rings is 1. The Hall–Kier alpha value is -2.02. The molecule has 0 radical (unpaired) electrons. The number of aryl methyl sites for hydroxylation is 1. The zero-order valence-electron chi connectivity index (χ0n) is 10.7. The average Bonchev–Trinajstić information content (AvgIpc) is 2.43. The van der Waals surface area contributed by atoms with Crippen LogP contribution >= 0.6 is 0 Å². The highest BCUT2D eigenvalue weighted by molar-refractivity contribution is 5.96. The molecular weight excluding hydrogens is 275 g/mol. The van der Waals surface area contributed by atoms with Crippen molar-refractivity contribution in [3.63, 3.8) is 0 Å². The van der Waals surface area contributed by atoms with Gasteiger partial charge in [0.2, 0.25) is 6.10 Å². The van der Waals surface area contributed by atoms with E-state index in [4.69, 9.17) is 4.74 Å². The van der Waals surface area contributed by atoms with E-state index in [0.717, 1.165) is 18.1 Å². The third kappa shape index (κ3) is 2.62. The van der Waals surface area contributed by atoms with Crippen LogP contribution in [0.4, 0.5) is 13.2 Å².